The summed E-state index contributed by atoms with van der Waals surface area (Å²) in [4.78, 5) is 10.2. The second kappa shape index (κ2) is 16.4. The van der Waals surface area contributed by atoms with E-state index in [2.05, 4.69) is 252 Å². The van der Waals surface area contributed by atoms with Crippen LogP contribution in [0.4, 0.5) is 0 Å². The van der Waals surface area contributed by atoms with Crippen LogP contribution in [0.25, 0.3) is 122 Å². The lowest BCUT2D eigenvalue weighted by molar-refractivity contribution is 1.10. The van der Waals surface area contributed by atoms with E-state index in [4.69, 9.17) is 9.97 Å². The molecule has 0 aliphatic carbocycles. The van der Waals surface area contributed by atoms with Gasteiger partial charge in [-0.15, -0.1) is 0 Å². The minimum Gasteiger partial charge on any atom is -0.292 e. The van der Waals surface area contributed by atoms with Gasteiger partial charge in [0.15, 0.2) is 0 Å². The topological polar surface area (TPSA) is 35.6 Å². The van der Waals surface area contributed by atoms with Gasteiger partial charge in [0.25, 0.3) is 0 Å². The standard InChI is InChI=1S/C64H42N4/c1-5-17-45(18-6-1)61-53-39-33-50(44-31-37-52(38-32-44)68-60-28-16-14-26-58(60)66-64(68)48-23-11-4-12-24-48)42-56(53)62(46-19-7-2-8-20-46)54-40-34-49(41-55(54)61)43-29-35-51(36-30-43)67-59-27-15-13-25-57(59)65-63(67)47-21-9-3-10-22-47/h1-42H. The van der Waals surface area contributed by atoms with E-state index in [0.717, 1.165) is 78.5 Å². The maximum Gasteiger partial charge on any atom is 0.145 e. The third kappa shape index (κ3) is 6.69. The van der Waals surface area contributed by atoms with Gasteiger partial charge >= 0.3 is 0 Å². The van der Waals surface area contributed by atoms with Gasteiger partial charge in [0, 0.05) is 22.5 Å². The molecule has 4 nitrogen and oxygen atoms in total. The first kappa shape index (κ1) is 39.3. The molecule has 0 N–H and O–H groups in total. The Morgan fingerprint density at radius 2 is 0.559 bits per heavy atom. The highest BCUT2D eigenvalue weighted by molar-refractivity contribution is 6.22. The van der Waals surface area contributed by atoms with Crippen molar-refractivity contribution in [3.05, 3.63) is 255 Å². The molecule has 0 aliphatic heterocycles. The summed E-state index contributed by atoms with van der Waals surface area (Å²) in [5, 5.41) is 4.87. The Hall–Kier alpha value is -9.12. The SMILES string of the molecule is c1ccc(-c2c3ccc(-c4ccc(-n5c(-c6ccccc6)nc6ccccc65)cc4)cc3c(-c3ccccc3)c3ccc(-c4ccc(-n5c(-c6ccccc6)nc6ccccc65)cc4)cc23)cc1. The third-order valence-electron chi connectivity index (χ3n) is 13.3. The fourth-order valence-electron chi connectivity index (χ4n) is 10.2. The van der Waals surface area contributed by atoms with E-state index in [-0.39, 0.29) is 0 Å². The van der Waals surface area contributed by atoms with Crippen molar-refractivity contribution in [1.82, 2.24) is 19.1 Å². The summed E-state index contributed by atoms with van der Waals surface area (Å²) in [5.74, 6) is 1.86. The number of benzene rings is 11. The number of hydrogen-bond donors (Lipinski definition) is 0. The lowest BCUT2D eigenvalue weighted by atomic mass is 9.84. The molecule has 0 saturated carbocycles. The summed E-state index contributed by atoms with van der Waals surface area (Å²) in [6.07, 6.45) is 0. The average Bonchev–Trinajstić information content (AvgIpc) is 4.01. The zero-order valence-electron chi connectivity index (χ0n) is 37.0. The van der Waals surface area contributed by atoms with Gasteiger partial charge in [-0.2, -0.15) is 0 Å². The summed E-state index contributed by atoms with van der Waals surface area (Å²) < 4.78 is 4.54. The van der Waals surface area contributed by atoms with Crippen molar-refractivity contribution in [1.29, 1.82) is 0 Å². The normalized spacial score (nSPS) is 11.5. The predicted molar refractivity (Wildman–Crippen MR) is 283 cm³/mol. The van der Waals surface area contributed by atoms with Gasteiger partial charge in [-0.1, -0.05) is 194 Å². The molecule has 0 saturated heterocycles. The van der Waals surface area contributed by atoms with Crippen molar-refractivity contribution in [2.75, 3.05) is 0 Å². The van der Waals surface area contributed by atoms with E-state index in [1.807, 2.05) is 12.1 Å². The molecule has 68 heavy (non-hydrogen) atoms. The lowest BCUT2D eigenvalue weighted by Crippen LogP contribution is -1.97. The fourth-order valence-corrected chi connectivity index (χ4v) is 10.2. The summed E-state index contributed by atoms with van der Waals surface area (Å²) in [6, 6.07) is 91.3. The predicted octanol–water partition coefficient (Wildman–Crippen LogP) is 16.7. The largest absolute Gasteiger partial charge is 0.292 e. The van der Waals surface area contributed by atoms with Crippen molar-refractivity contribution in [3.63, 3.8) is 0 Å². The summed E-state index contributed by atoms with van der Waals surface area (Å²) in [6.45, 7) is 0. The molecule has 2 heterocycles. The maximum atomic E-state index is 5.09. The van der Waals surface area contributed by atoms with Crippen molar-refractivity contribution in [2.45, 2.75) is 0 Å². The van der Waals surface area contributed by atoms with Gasteiger partial charge in [0.05, 0.1) is 22.1 Å². The van der Waals surface area contributed by atoms with Crippen LogP contribution in [-0.2, 0) is 0 Å². The monoisotopic (exact) mass is 866 g/mol. The summed E-state index contributed by atoms with van der Waals surface area (Å²) >= 11 is 0. The van der Waals surface area contributed by atoms with Crippen LogP contribution in [0.5, 0.6) is 0 Å². The number of hydrogen-bond acceptors (Lipinski definition) is 2. The molecule has 0 atom stereocenters. The highest BCUT2D eigenvalue weighted by Crippen LogP contribution is 2.46. The van der Waals surface area contributed by atoms with Crippen molar-refractivity contribution >= 4 is 43.6 Å². The van der Waals surface area contributed by atoms with Crippen LogP contribution < -0.4 is 0 Å². The Bertz CT molecular complexity index is 3700. The second-order valence-electron chi connectivity index (χ2n) is 17.3. The average molecular weight is 867 g/mol. The molecule has 0 aliphatic rings. The van der Waals surface area contributed by atoms with Gasteiger partial charge in [0.2, 0.25) is 0 Å². The molecule has 13 rings (SSSR count). The Morgan fingerprint density at radius 1 is 0.235 bits per heavy atom. The Kier molecular flexibility index (Phi) is 9.47. The molecular weight excluding hydrogens is 825 g/mol. The molecule has 0 fully saturated rings. The van der Waals surface area contributed by atoms with Gasteiger partial charge in [-0.05, 0) is 127 Å². The van der Waals surface area contributed by atoms with E-state index in [1.165, 1.54) is 43.8 Å². The third-order valence-corrected chi connectivity index (χ3v) is 13.3. The summed E-state index contributed by atoms with van der Waals surface area (Å²) in [5.41, 5.74) is 17.9. The van der Waals surface area contributed by atoms with E-state index in [0.29, 0.717) is 0 Å². The second-order valence-corrected chi connectivity index (χ2v) is 17.3. The number of aromatic nitrogens is 4. The zero-order chi connectivity index (χ0) is 45.0. The molecule has 0 amide bonds. The molecule has 0 unspecified atom stereocenters. The first-order chi connectivity index (χ1) is 33.7. The molecule has 318 valence electrons. The molecule has 11 aromatic carbocycles. The molecular formula is C64H42N4. The van der Waals surface area contributed by atoms with E-state index < -0.39 is 0 Å². The van der Waals surface area contributed by atoms with Gasteiger partial charge in [-0.3, -0.25) is 9.13 Å². The lowest BCUT2D eigenvalue weighted by Gasteiger charge is -2.20. The van der Waals surface area contributed by atoms with Crippen LogP contribution in [0.1, 0.15) is 0 Å². The number of fused-ring (bicyclic) bond motifs is 4. The first-order valence-corrected chi connectivity index (χ1v) is 23.2. The van der Waals surface area contributed by atoms with E-state index >= 15 is 0 Å². The Balaban J connectivity index is 0.954. The van der Waals surface area contributed by atoms with Crippen LogP contribution >= 0.6 is 0 Å². The minimum atomic E-state index is 0.930. The number of rotatable bonds is 8. The van der Waals surface area contributed by atoms with Crippen LogP contribution in [0.2, 0.25) is 0 Å². The Morgan fingerprint density at radius 3 is 0.941 bits per heavy atom. The first-order valence-electron chi connectivity index (χ1n) is 23.2. The van der Waals surface area contributed by atoms with E-state index in [1.54, 1.807) is 0 Å². The fraction of sp³-hybridized carbons (Fsp3) is 0. The highest BCUT2D eigenvalue weighted by Gasteiger charge is 2.20. The van der Waals surface area contributed by atoms with E-state index in [9.17, 15) is 0 Å². The number of nitrogens with zero attached hydrogens (tertiary/aromatic N) is 4. The van der Waals surface area contributed by atoms with Crippen LogP contribution in [0.15, 0.2) is 255 Å². The maximum absolute atomic E-state index is 5.09. The van der Waals surface area contributed by atoms with Crippen molar-refractivity contribution in [2.24, 2.45) is 0 Å². The number of para-hydroxylation sites is 4. The molecule has 0 bridgehead atoms. The summed E-state index contributed by atoms with van der Waals surface area (Å²) in [7, 11) is 0. The van der Waals surface area contributed by atoms with Crippen LogP contribution in [0, 0.1) is 0 Å². The van der Waals surface area contributed by atoms with Crippen molar-refractivity contribution in [3.8, 4) is 78.7 Å². The molecule has 0 spiro atoms. The van der Waals surface area contributed by atoms with Gasteiger partial charge in [0.1, 0.15) is 11.6 Å². The van der Waals surface area contributed by atoms with Crippen LogP contribution in [-0.4, -0.2) is 19.1 Å². The molecule has 4 heteroatoms. The highest BCUT2D eigenvalue weighted by atomic mass is 15.1. The Labute approximate surface area is 394 Å². The minimum absolute atomic E-state index is 0.930. The number of imidazole rings is 2. The smallest absolute Gasteiger partial charge is 0.145 e. The van der Waals surface area contributed by atoms with Gasteiger partial charge in [-0.25, -0.2) is 9.97 Å². The molecule has 13 aromatic rings. The van der Waals surface area contributed by atoms with Crippen LogP contribution in [0.3, 0.4) is 0 Å². The quantitative estimate of drug-likeness (QED) is 0.143. The van der Waals surface area contributed by atoms with Crippen molar-refractivity contribution < 1.29 is 0 Å². The van der Waals surface area contributed by atoms with Gasteiger partial charge < -0.3 is 0 Å². The molecule has 0 radical (unpaired) electrons. The zero-order valence-corrected chi connectivity index (χ0v) is 37.0. The molecule has 2 aromatic heterocycles.